The van der Waals surface area contributed by atoms with Crippen LogP contribution in [-0.4, -0.2) is 9.97 Å². The molecule has 0 aliphatic heterocycles. The Kier molecular flexibility index (Phi) is 2.03. The zero-order chi connectivity index (χ0) is 6.85. The first-order valence-electron chi connectivity index (χ1n) is 2.56. The summed E-state index contributed by atoms with van der Waals surface area (Å²) in [5.74, 6) is 1.45. The first kappa shape index (κ1) is 6.96. The molecule has 0 saturated heterocycles. The summed E-state index contributed by atoms with van der Waals surface area (Å²) in [6, 6.07) is 0. The summed E-state index contributed by atoms with van der Waals surface area (Å²) in [6.45, 7) is 1.86. The molecular weight excluding hydrogens is 156 g/mol. The van der Waals surface area contributed by atoms with Crippen molar-refractivity contribution in [3.63, 3.8) is 0 Å². The fraction of sp³-hybridized carbons (Fsp3) is 0.400. The van der Waals surface area contributed by atoms with Gasteiger partial charge in [0.15, 0.2) is 5.15 Å². The normalized spacial score (nSPS) is 10.1. The lowest BCUT2D eigenvalue weighted by Crippen LogP contribution is -1.76. The number of nitrogens with zero attached hydrogens (tertiary/aromatic N) is 1. The third-order valence-corrected chi connectivity index (χ3v) is 1.63. The molecule has 0 fully saturated rings. The SMILES string of the molecule is Cc1nc(Cl)c(CS)[nH]1. The van der Waals surface area contributed by atoms with Crippen LogP contribution in [0.4, 0.5) is 0 Å². The van der Waals surface area contributed by atoms with Crippen molar-refractivity contribution in [2.24, 2.45) is 0 Å². The Morgan fingerprint density at radius 2 is 2.44 bits per heavy atom. The number of thiol groups is 1. The number of rotatable bonds is 1. The summed E-state index contributed by atoms with van der Waals surface area (Å²) in [5, 5.41) is 0.530. The molecule has 9 heavy (non-hydrogen) atoms. The van der Waals surface area contributed by atoms with Gasteiger partial charge in [-0.1, -0.05) is 11.6 Å². The number of hydrogen-bond donors (Lipinski definition) is 2. The molecule has 1 aromatic rings. The molecule has 2 nitrogen and oxygen atoms in total. The molecule has 1 aromatic heterocycles. The predicted octanol–water partition coefficient (Wildman–Crippen LogP) is 1.80. The Labute approximate surface area is 64.0 Å². The lowest BCUT2D eigenvalue weighted by Gasteiger charge is -1.84. The zero-order valence-corrected chi connectivity index (χ0v) is 6.63. The third kappa shape index (κ3) is 1.40. The van der Waals surface area contributed by atoms with E-state index in [1.165, 1.54) is 0 Å². The van der Waals surface area contributed by atoms with Crippen LogP contribution < -0.4 is 0 Å². The number of hydrogen-bond acceptors (Lipinski definition) is 2. The second-order valence-corrected chi connectivity index (χ2v) is 2.42. The summed E-state index contributed by atoms with van der Waals surface area (Å²) in [4.78, 5) is 6.92. The summed E-state index contributed by atoms with van der Waals surface area (Å²) in [6.07, 6.45) is 0. The van der Waals surface area contributed by atoms with Gasteiger partial charge in [-0.2, -0.15) is 12.6 Å². The number of imidazole rings is 1. The number of aryl methyl sites for hydroxylation is 1. The molecule has 0 aliphatic rings. The van der Waals surface area contributed by atoms with Gasteiger partial charge in [-0.3, -0.25) is 0 Å². The van der Waals surface area contributed by atoms with Crippen molar-refractivity contribution in [3.8, 4) is 0 Å². The van der Waals surface area contributed by atoms with Gasteiger partial charge >= 0.3 is 0 Å². The van der Waals surface area contributed by atoms with Crippen LogP contribution in [0.5, 0.6) is 0 Å². The van der Waals surface area contributed by atoms with Gasteiger partial charge < -0.3 is 4.98 Å². The maximum absolute atomic E-state index is 5.65. The lowest BCUT2D eigenvalue weighted by molar-refractivity contribution is 1.12. The Bertz CT molecular complexity index is 209. The molecule has 0 radical (unpaired) electrons. The van der Waals surface area contributed by atoms with Gasteiger partial charge in [0.05, 0.1) is 5.69 Å². The number of nitrogens with one attached hydrogen (secondary N) is 1. The molecule has 0 atom stereocenters. The van der Waals surface area contributed by atoms with E-state index in [2.05, 4.69) is 22.6 Å². The van der Waals surface area contributed by atoms with Crippen LogP contribution in [0.3, 0.4) is 0 Å². The van der Waals surface area contributed by atoms with E-state index in [0.717, 1.165) is 11.5 Å². The summed E-state index contributed by atoms with van der Waals surface area (Å²) in [5.41, 5.74) is 0.887. The second kappa shape index (κ2) is 2.62. The van der Waals surface area contributed by atoms with Gasteiger partial charge in [0.1, 0.15) is 5.82 Å². The number of aromatic nitrogens is 2. The van der Waals surface area contributed by atoms with E-state index in [0.29, 0.717) is 10.9 Å². The Balaban J connectivity index is 3.01. The van der Waals surface area contributed by atoms with E-state index < -0.39 is 0 Å². The number of halogens is 1. The topological polar surface area (TPSA) is 28.7 Å². The van der Waals surface area contributed by atoms with Gasteiger partial charge in [-0.25, -0.2) is 4.98 Å². The summed E-state index contributed by atoms with van der Waals surface area (Å²) < 4.78 is 0. The van der Waals surface area contributed by atoms with Crippen LogP contribution in [0, 0.1) is 6.92 Å². The van der Waals surface area contributed by atoms with Crippen LogP contribution in [0.2, 0.25) is 5.15 Å². The van der Waals surface area contributed by atoms with E-state index >= 15 is 0 Å². The Morgan fingerprint density at radius 1 is 1.78 bits per heavy atom. The van der Waals surface area contributed by atoms with E-state index in [1.54, 1.807) is 0 Å². The molecule has 50 valence electrons. The fourth-order valence-electron chi connectivity index (χ4n) is 0.617. The van der Waals surface area contributed by atoms with Gasteiger partial charge in [-0.05, 0) is 6.92 Å². The van der Waals surface area contributed by atoms with Crippen LogP contribution in [0.1, 0.15) is 11.5 Å². The largest absolute Gasteiger partial charge is 0.344 e. The van der Waals surface area contributed by atoms with Crippen molar-refractivity contribution >= 4 is 24.2 Å². The van der Waals surface area contributed by atoms with Crippen molar-refractivity contribution in [3.05, 3.63) is 16.7 Å². The Morgan fingerprint density at radius 3 is 2.67 bits per heavy atom. The standard InChI is InChI=1S/C5H7ClN2S/c1-3-7-4(2-9)5(6)8-3/h9H,2H2,1H3,(H,7,8). The molecule has 1 heterocycles. The Hall–Kier alpha value is -0.150. The van der Waals surface area contributed by atoms with Gasteiger partial charge in [0.2, 0.25) is 0 Å². The van der Waals surface area contributed by atoms with Crippen LogP contribution >= 0.6 is 24.2 Å². The van der Waals surface area contributed by atoms with Crippen LogP contribution in [0.25, 0.3) is 0 Å². The third-order valence-electron chi connectivity index (χ3n) is 1.00. The maximum Gasteiger partial charge on any atom is 0.151 e. The van der Waals surface area contributed by atoms with Gasteiger partial charge in [0.25, 0.3) is 0 Å². The fourth-order valence-corrected chi connectivity index (χ4v) is 1.18. The maximum atomic E-state index is 5.65. The number of aromatic amines is 1. The molecule has 4 heteroatoms. The molecule has 0 unspecified atom stereocenters. The van der Waals surface area contributed by atoms with E-state index in [9.17, 15) is 0 Å². The second-order valence-electron chi connectivity index (χ2n) is 1.75. The van der Waals surface area contributed by atoms with E-state index in [4.69, 9.17) is 11.6 Å². The first-order valence-corrected chi connectivity index (χ1v) is 3.57. The van der Waals surface area contributed by atoms with E-state index in [1.807, 2.05) is 6.92 Å². The minimum atomic E-state index is 0.530. The molecule has 1 N–H and O–H groups in total. The van der Waals surface area contributed by atoms with Crippen molar-refractivity contribution in [1.29, 1.82) is 0 Å². The molecule has 0 aliphatic carbocycles. The molecule has 0 bridgehead atoms. The van der Waals surface area contributed by atoms with Crippen LogP contribution in [0.15, 0.2) is 0 Å². The summed E-state index contributed by atoms with van der Waals surface area (Å²) in [7, 11) is 0. The van der Waals surface area contributed by atoms with Crippen molar-refractivity contribution < 1.29 is 0 Å². The lowest BCUT2D eigenvalue weighted by atomic mass is 10.6. The number of H-pyrrole nitrogens is 1. The molecule has 0 amide bonds. The monoisotopic (exact) mass is 162 g/mol. The smallest absolute Gasteiger partial charge is 0.151 e. The predicted molar refractivity (Wildman–Crippen MR) is 41.0 cm³/mol. The average molecular weight is 163 g/mol. The molecule has 0 aromatic carbocycles. The average Bonchev–Trinajstić information content (AvgIpc) is 2.10. The first-order chi connectivity index (χ1) is 4.24. The molecule has 1 rings (SSSR count). The highest BCUT2D eigenvalue weighted by Crippen LogP contribution is 2.13. The summed E-state index contributed by atoms with van der Waals surface area (Å²) >= 11 is 9.69. The highest BCUT2D eigenvalue weighted by molar-refractivity contribution is 7.79. The molecule has 0 saturated carbocycles. The minimum absolute atomic E-state index is 0.530. The van der Waals surface area contributed by atoms with E-state index in [-0.39, 0.29) is 0 Å². The van der Waals surface area contributed by atoms with Gasteiger partial charge in [-0.15, -0.1) is 0 Å². The zero-order valence-electron chi connectivity index (χ0n) is 4.98. The highest BCUT2D eigenvalue weighted by Gasteiger charge is 2.01. The minimum Gasteiger partial charge on any atom is -0.344 e. The van der Waals surface area contributed by atoms with Crippen LogP contribution in [-0.2, 0) is 5.75 Å². The van der Waals surface area contributed by atoms with Crippen molar-refractivity contribution in [2.45, 2.75) is 12.7 Å². The van der Waals surface area contributed by atoms with Gasteiger partial charge in [0, 0.05) is 5.75 Å². The highest BCUT2D eigenvalue weighted by atomic mass is 35.5. The van der Waals surface area contributed by atoms with Crippen molar-refractivity contribution in [1.82, 2.24) is 9.97 Å². The van der Waals surface area contributed by atoms with Crippen molar-refractivity contribution in [2.75, 3.05) is 0 Å². The molecular formula is C5H7ClN2S. The quantitative estimate of drug-likeness (QED) is 0.606. The molecule has 0 spiro atoms.